The summed E-state index contributed by atoms with van der Waals surface area (Å²) in [5, 5.41) is 10.0. The van der Waals surface area contributed by atoms with Crippen molar-refractivity contribution in [3.63, 3.8) is 0 Å². The molecule has 1 fully saturated rings. The summed E-state index contributed by atoms with van der Waals surface area (Å²) in [6.45, 7) is 7.86. The first-order valence-corrected chi connectivity index (χ1v) is 8.98. The number of nitrogens with zero attached hydrogens (tertiary/aromatic N) is 1. The summed E-state index contributed by atoms with van der Waals surface area (Å²) in [5.41, 5.74) is -0.452. The second-order valence-corrected chi connectivity index (χ2v) is 7.71. The van der Waals surface area contributed by atoms with Crippen LogP contribution in [0.1, 0.15) is 40.0 Å². The predicted molar refractivity (Wildman–Crippen MR) is 93.7 cm³/mol. The number of guanidine groups is 1. The smallest absolute Gasteiger partial charge is 0.407 e. The van der Waals surface area contributed by atoms with Gasteiger partial charge in [0.25, 0.3) is 0 Å². The lowest BCUT2D eigenvalue weighted by molar-refractivity contribution is 0.0527. The molecule has 0 aromatic rings. The maximum Gasteiger partial charge on any atom is 0.407 e. The van der Waals surface area contributed by atoms with Gasteiger partial charge in [-0.15, -0.1) is 0 Å². The van der Waals surface area contributed by atoms with E-state index >= 15 is 0 Å². The minimum Gasteiger partial charge on any atom is -0.444 e. The maximum atomic E-state index is 11.5. The normalized spacial score (nSPS) is 18.9. The van der Waals surface area contributed by atoms with E-state index < -0.39 is 5.60 Å². The molecule has 7 heteroatoms. The first-order valence-electron chi connectivity index (χ1n) is 7.93. The van der Waals surface area contributed by atoms with Gasteiger partial charge in [-0.1, -0.05) is 0 Å². The van der Waals surface area contributed by atoms with Crippen LogP contribution in [0.5, 0.6) is 0 Å². The number of nitrogens with one attached hydrogen (secondary N) is 3. The number of carbonyl (C=O) groups excluding carboxylic acids is 1. The van der Waals surface area contributed by atoms with E-state index in [1.54, 1.807) is 7.05 Å². The van der Waals surface area contributed by atoms with E-state index in [-0.39, 0.29) is 6.09 Å². The second kappa shape index (κ2) is 9.82. The average molecular weight is 330 g/mol. The van der Waals surface area contributed by atoms with Crippen LogP contribution < -0.4 is 16.0 Å². The molecule has 1 saturated heterocycles. The number of alkyl carbamates (subject to hydrolysis) is 1. The van der Waals surface area contributed by atoms with E-state index in [0.29, 0.717) is 11.8 Å². The molecule has 128 valence electrons. The van der Waals surface area contributed by atoms with Crippen molar-refractivity contribution in [2.24, 2.45) is 4.99 Å². The van der Waals surface area contributed by atoms with E-state index in [9.17, 15) is 4.79 Å². The van der Waals surface area contributed by atoms with Gasteiger partial charge in [0.05, 0.1) is 0 Å². The van der Waals surface area contributed by atoms with Gasteiger partial charge in [-0.3, -0.25) is 4.99 Å². The molecule has 1 aliphatic heterocycles. The standard InChI is InChI=1S/C15H30N4O2S/c1-15(2,3)21-14(20)18-9-6-8-17-13(16-4)19-11-12-7-5-10-22-12/h12H,5-11H2,1-4H3,(H,18,20)(H2,16,17,19). The Balaban J connectivity index is 2.05. The fourth-order valence-electron chi connectivity index (χ4n) is 2.04. The molecule has 1 heterocycles. The fraction of sp³-hybridized carbons (Fsp3) is 0.867. The van der Waals surface area contributed by atoms with Crippen molar-refractivity contribution in [3.8, 4) is 0 Å². The van der Waals surface area contributed by atoms with Gasteiger partial charge in [-0.25, -0.2) is 4.79 Å². The van der Waals surface area contributed by atoms with Crippen molar-refractivity contribution in [2.45, 2.75) is 50.9 Å². The zero-order valence-corrected chi connectivity index (χ0v) is 15.0. The van der Waals surface area contributed by atoms with Gasteiger partial charge >= 0.3 is 6.09 Å². The highest BCUT2D eigenvalue weighted by molar-refractivity contribution is 8.00. The van der Waals surface area contributed by atoms with Gasteiger partial charge in [-0.05, 0) is 45.8 Å². The molecule has 3 N–H and O–H groups in total. The Hall–Kier alpha value is -1.11. The number of amides is 1. The quantitative estimate of drug-likeness (QED) is 0.394. The predicted octanol–water partition coefficient (Wildman–Crippen LogP) is 1.96. The van der Waals surface area contributed by atoms with Crippen LogP contribution in [0, 0.1) is 0 Å². The van der Waals surface area contributed by atoms with Gasteiger partial charge < -0.3 is 20.7 Å². The van der Waals surface area contributed by atoms with Crippen LogP contribution in [-0.4, -0.2) is 55.3 Å². The molecule has 1 atom stereocenters. The Morgan fingerprint density at radius 2 is 2.00 bits per heavy atom. The van der Waals surface area contributed by atoms with Crippen molar-refractivity contribution in [3.05, 3.63) is 0 Å². The number of carbonyl (C=O) groups is 1. The monoisotopic (exact) mass is 330 g/mol. The summed E-state index contributed by atoms with van der Waals surface area (Å²) >= 11 is 2.03. The molecule has 1 aliphatic rings. The summed E-state index contributed by atoms with van der Waals surface area (Å²) in [4.78, 5) is 15.7. The number of thioether (sulfide) groups is 1. The highest BCUT2D eigenvalue weighted by Gasteiger charge is 2.16. The van der Waals surface area contributed by atoms with E-state index in [1.807, 2.05) is 32.5 Å². The van der Waals surface area contributed by atoms with Gasteiger partial charge in [0.1, 0.15) is 5.60 Å². The lowest BCUT2D eigenvalue weighted by atomic mass is 10.2. The van der Waals surface area contributed by atoms with Gasteiger partial charge in [0.15, 0.2) is 5.96 Å². The first-order chi connectivity index (χ1) is 10.4. The van der Waals surface area contributed by atoms with Crippen LogP contribution in [0.4, 0.5) is 4.79 Å². The molecule has 6 nitrogen and oxygen atoms in total. The third kappa shape index (κ3) is 9.02. The number of hydrogen-bond donors (Lipinski definition) is 3. The molecule has 0 radical (unpaired) electrons. The largest absolute Gasteiger partial charge is 0.444 e. The highest BCUT2D eigenvalue weighted by Crippen LogP contribution is 2.25. The van der Waals surface area contributed by atoms with Gasteiger partial charge in [-0.2, -0.15) is 11.8 Å². The third-order valence-electron chi connectivity index (χ3n) is 3.06. The topological polar surface area (TPSA) is 74.8 Å². The van der Waals surface area contributed by atoms with Gasteiger partial charge in [0.2, 0.25) is 0 Å². The molecule has 0 aromatic carbocycles. The van der Waals surface area contributed by atoms with Crippen molar-refractivity contribution in [1.29, 1.82) is 0 Å². The van der Waals surface area contributed by atoms with Crippen LogP contribution in [0.2, 0.25) is 0 Å². The minimum absolute atomic E-state index is 0.367. The molecule has 0 aliphatic carbocycles. The average Bonchev–Trinajstić information content (AvgIpc) is 2.93. The van der Waals surface area contributed by atoms with Crippen molar-refractivity contribution in [2.75, 3.05) is 32.4 Å². The van der Waals surface area contributed by atoms with Crippen molar-refractivity contribution in [1.82, 2.24) is 16.0 Å². The van der Waals surface area contributed by atoms with E-state index in [2.05, 4.69) is 20.9 Å². The van der Waals surface area contributed by atoms with Crippen LogP contribution in [0.3, 0.4) is 0 Å². The lowest BCUT2D eigenvalue weighted by Gasteiger charge is -2.19. The Labute approximate surface area is 138 Å². The van der Waals surface area contributed by atoms with Crippen LogP contribution >= 0.6 is 11.8 Å². The summed E-state index contributed by atoms with van der Waals surface area (Å²) < 4.78 is 5.17. The number of rotatable bonds is 6. The zero-order valence-electron chi connectivity index (χ0n) is 14.2. The second-order valence-electron chi connectivity index (χ2n) is 6.30. The highest BCUT2D eigenvalue weighted by atomic mass is 32.2. The van der Waals surface area contributed by atoms with Crippen LogP contribution in [0.25, 0.3) is 0 Å². The minimum atomic E-state index is -0.452. The molecule has 1 amide bonds. The first kappa shape index (κ1) is 18.9. The molecule has 22 heavy (non-hydrogen) atoms. The van der Waals surface area contributed by atoms with E-state index in [4.69, 9.17) is 4.74 Å². The number of hydrogen-bond acceptors (Lipinski definition) is 4. The third-order valence-corrected chi connectivity index (χ3v) is 4.46. The maximum absolute atomic E-state index is 11.5. The Bertz CT molecular complexity index is 363. The molecule has 0 bridgehead atoms. The molecule has 0 saturated carbocycles. The SMILES string of the molecule is CN=C(NCCCNC(=O)OC(C)(C)C)NCC1CCCS1. The molecule has 1 rings (SSSR count). The summed E-state index contributed by atoms with van der Waals surface area (Å²) in [6, 6.07) is 0. The van der Waals surface area contributed by atoms with E-state index in [1.165, 1.54) is 18.6 Å². The van der Waals surface area contributed by atoms with Crippen LogP contribution in [0.15, 0.2) is 4.99 Å². The molecule has 1 unspecified atom stereocenters. The van der Waals surface area contributed by atoms with E-state index in [0.717, 1.165) is 25.5 Å². The summed E-state index contributed by atoms with van der Waals surface area (Å²) in [5.74, 6) is 2.10. The van der Waals surface area contributed by atoms with Crippen molar-refractivity contribution < 1.29 is 9.53 Å². The molecule has 0 aromatic heterocycles. The molecule has 0 spiro atoms. The van der Waals surface area contributed by atoms with Crippen LogP contribution in [-0.2, 0) is 4.74 Å². The summed E-state index contributed by atoms with van der Waals surface area (Å²) in [6.07, 6.45) is 3.06. The fourth-order valence-corrected chi connectivity index (χ4v) is 3.24. The Kier molecular flexibility index (Phi) is 8.45. The number of aliphatic imine (C=N–C) groups is 1. The molecular weight excluding hydrogens is 300 g/mol. The zero-order chi connectivity index (χ0) is 16.4. The number of ether oxygens (including phenoxy) is 1. The Morgan fingerprint density at radius 1 is 1.27 bits per heavy atom. The lowest BCUT2D eigenvalue weighted by Crippen LogP contribution is -2.41. The van der Waals surface area contributed by atoms with Gasteiger partial charge in [0, 0.05) is 31.9 Å². The molecular formula is C15H30N4O2S. The summed E-state index contributed by atoms with van der Waals surface area (Å²) in [7, 11) is 1.77. The Morgan fingerprint density at radius 3 is 2.59 bits per heavy atom. The van der Waals surface area contributed by atoms with Crippen molar-refractivity contribution >= 4 is 23.8 Å².